The van der Waals surface area contributed by atoms with Crippen molar-refractivity contribution in [3.8, 4) is 5.75 Å². The monoisotopic (exact) mass is 275 g/mol. The molecule has 5 N–H and O–H groups in total. The van der Waals surface area contributed by atoms with Crippen LogP contribution in [0.3, 0.4) is 0 Å². The standard InChI is InChI=1S/C13H17N5O2/c1-8(12-15-7-16-18-12)17-13(20)11(14)6-9-2-4-10(19)5-3-9/h2-5,7-8,11,19H,6,14H2,1H3,(H,17,20)(H,15,16,18)/t8?,11-/m0/s1. The van der Waals surface area contributed by atoms with Gasteiger partial charge in [-0.1, -0.05) is 12.1 Å². The van der Waals surface area contributed by atoms with Crippen LogP contribution in [0.4, 0.5) is 0 Å². The van der Waals surface area contributed by atoms with E-state index in [-0.39, 0.29) is 17.7 Å². The molecule has 7 nitrogen and oxygen atoms in total. The molecule has 1 unspecified atom stereocenters. The molecule has 1 amide bonds. The van der Waals surface area contributed by atoms with Crippen molar-refractivity contribution >= 4 is 5.91 Å². The third-order valence-corrected chi connectivity index (χ3v) is 2.93. The average Bonchev–Trinajstić information content (AvgIpc) is 2.95. The molecule has 0 fully saturated rings. The highest BCUT2D eigenvalue weighted by Gasteiger charge is 2.18. The van der Waals surface area contributed by atoms with E-state index in [1.54, 1.807) is 31.2 Å². The van der Waals surface area contributed by atoms with Crippen LogP contribution in [-0.4, -0.2) is 32.2 Å². The molecule has 0 aliphatic rings. The van der Waals surface area contributed by atoms with Crippen LogP contribution in [0.5, 0.6) is 5.75 Å². The number of phenols is 1. The first-order valence-corrected chi connectivity index (χ1v) is 6.25. The van der Waals surface area contributed by atoms with Gasteiger partial charge in [-0.25, -0.2) is 4.98 Å². The predicted molar refractivity (Wildman–Crippen MR) is 72.7 cm³/mol. The van der Waals surface area contributed by atoms with Gasteiger partial charge in [0.1, 0.15) is 17.9 Å². The van der Waals surface area contributed by atoms with Gasteiger partial charge < -0.3 is 16.2 Å². The smallest absolute Gasteiger partial charge is 0.237 e. The van der Waals surface area contributed by atoms with Crippen molar-refractivity contribution in [2.24, 2.45) is 5.73 Å². The number of hydrogen-bond donors (Lipinski definition) is 4. The van der Waals surface area contributed by atoms with Crippen LogP contribution < -0.4 is 11.1 Å². The molecule has 0 spiro atoms. The van der Waals surface area contributed by atoms with Gasteiger partial charge in [0.25, 0.3) is 0 Å². The number of H-pyrrole nitrogens is 1. The van der Waals surface area contributed by atoms with Crippen molar-refractivity contribution in [2.75, 3.05) is 0 Å². The number of amides is 1. The van der Waals surface area contributed by atoms with Gasteiger partial charge in [0.2, 0.25) is 5.91 Å². The first-order chi connectivity index (χ1) is 9.56. The summed E-state index contributed by atoms with van der Waals surface area (Å²) < 4.78 is 0. The summed E-state index contributed by atoms with van der Waals surface area (Å²) in [6.45, 7) is 1.80. The lowest BCUT2D eigenvalue weighted by atomic mass is 10.1. The van der Waals surface area contributed by atoms with Gasteiger partial charge in [0, 0.05) is 0 Å². The summed E-state index contributed by atoms with van der Waals surface area (Å²) in [5.74, 6) is 0.503. The molecule has 0 bridgehead atoms. The number of aromatic nitrogens is 3. The van der Waals surface area contributed by atoms with Crippen LogP contribution in [0, 0.1) is 0 Å². The number of carbonyl (C=O) groups is 1. The van der Waals surface area contributed by atoms with Gasteiger partial charge in [-0.15, -0.1) is 0 Å². The molecule has 0 saturated carbocycles. The van der Waals surface area contributed by atoms with E-state index in [0.29, 0.717) is 12.2 Å². The Balaban J connectivity index is 1.90. The van der Waals surface area contributed by atoms with Gasteiger partial charge in [-0.3, -0.25) is 9.89 Å². The lowest BCUT2D eigenvalue weighted by Crippen LogP contribution is -2.43. The quantitative estimate of drug-likeness (QED) is 0.624. The van der Waals surface area contributed by atoms with E-state index in [4.69, 9.17) is 5.73 Å². The molecular weight excluding hydrogens is 258 g/mol. The lowest BCUT2D eigenvalue weighted by Gasteiger charge is -2.16. The Morgan fingerprint density at radius 3 is 2.75 bits per heavy atom. The molecule has 1 heterocycles. The summed E-state index contributed by atoms with van der Waals surface area (Å²) >= 11 is 0. The Bertz CT molecular complexity index is 553. The molecule has 1 aromatic heterocycles. The summed E-state index contributed by atoms with van der Waals surface area (Å²) in [5.41, 5.74) is 6.76. The zero-order chi connectivity index (χ0) is 14.5. The summed E-state index contributed by atoms with van der Waals surface area (Å²) in [5, 5.41) is 18.4. The van der Waals surface area contributed by atoms with E-state index in [9.17, 15) is 9.90 Å². The summed E-state index contributed by atoms with van der Waals surface area (Å²) in [6, 6.07) is 5.67. The van der Waals surface area contributed by atoms with Gasteiger partial charge in [-0.05, 0) is 31.0 Å². The maximum absolute atomic E-state index is 12.0. The van der Waals surface area contributed by atoms with Crippen molar-refractivity contribution in [3.63, 3.8) is 0 Å². The Morgan fingerprint density at radius 2 is 2.15 bits per heavy atom. The average molecular weight is 275 g/mol. The van der Waals surface area contributed by atoms with Crippen molar-refractivity contribution in [3.05, 3.63) is 42.0 Å². The third-order valence-electron chi connectivity index (χ3n) is 2.93. The third kappa shape index (κ3) is 3.55. The predicted octanol–water partition coefficient (Wildman–Crippen LogP) is 0.257. The van der Waals surface area contributed by atoms with Crippen LogP contribution in [-0.2, 0) is 11.2 Å². The van der Waals surface area contributed by atoms with Gasteiger partial charge >= 0.3 is 0 Å². The van der Waals surface area contributed by atoms with E-state index in [1.165, 1.54) is 6.33 Å². The summed E-state index contributed by atoms with van der Waals surface area (Å²) in [6.07, 6.45) is 1.78. The topological polar surface area (TPSA) is 117 Å². The molecule has 1 aromatic carbocycles. The van der Waals surface area contributed by atoms with Gasteiger partial charge in [-0.2, -0.15) is 5.10 Å². The van der Waals surface area contributed by atoms with Gasteiger partial charge in [0.15, 0.2) is 0 Å². The number of rotatable bonds is 5. The van der Waals surface area contributed by atoms with Crippen LogP contribution in [0.1, 0.15) is 24.4 Å². The highest BCUT2D eigenvalue weighted by molar-refractivity contribution is 5.82. The fourth-order valence-electron chi connectivity index (χ4n) is 1.79. The number of aromatic amines is 1. The number of aromatic hydroxyl groups is 1. The SMILES string of the molecule is CC(NC(=O)[C@@H](N)Cc1ccc(O)cc1)c1ncn[nH]1. The molecule has 7 heteroatoms. The van der Waals surface area contributed by atoms with Crippen molar-refractivity contribution < 1.29 is 9.90 Å². The van der Waals surface area contributed by atoms with Crippen molar-refractivity contribution in [1.82, 2.24) is 20.5 Å². The minimum absolute atomic E-state index is 0.186. The minimum atomic E-state index is -0.662. The largest absolute Gasteiger partial charge is 0.508 e. The van der Waals surface area contributed by atoms with Crippen LogP contribution in [0.2, 0.25) is 0 Å². The van der Waals surface area contributed by atoms with Gasteiger partial charge in [0.05, 0.1) is 12.1 Å². The Morgan fingerprint density at radius 1 is 1.45 bits per heavy atom. The van der Waals surface area contributed by atoms with E-state index in [1.807, 2.05) is 0 Å². The highest BCUT2D eigenvalue weighted by Crippen LogP contribution is 2.11. The Hall–Kier alpha value is -2.41. The molecule has 20 heavy (non-hydrogen) atoms. The maximum atomic E-state index is 12.0. The second-order valence-corrected chi connectivity index (χ2v) is 4.58. The number of nitrogens with two attached hydrogens (primary N) is 1. The molecule has 0 aliphatic carbocycles. The van der Waals surface area contributed by atoms with Crippen LogP contribution >= 0.6 is 0 Å². The summed E-state index contributed by atoms with van der Waals surface area (Å²) in [4.78, 5) is 15.9. The Labute approximate surface area is 116 Å². The van der Waals surface area contributed by atoms with Crippen molar-refractivity contribution in [2.45, 2.75) is 25.4 Å². The molecule has 106 valence electrons. The van der Waals surface area contributed by atoms with Crippen LogP contribution in [0.15, 0.2) is 30.6 Å². The number of phenolic OH excluding ortho intramolecular Hbond substituents is 1. The maximum Gasteiger partial charge on any atom is 0.237 e. The second-order valence-electron chi connectivity index (χ2n) is 4.58. The number of nitrogens with one attached hydrogen (secondary N) is 2. The number of hydrogen-bond acceptors (Lipinski definition) is 5. The fraction of sp³-hybridized carbons (Fsp3) is 0.308. The molecular formula is C13H17N5O2. The first-order valence-electron chi connectivity index (χ1n) is 6.25. The summed E-state index contributed by atoms with van der Waals surface area (Å²) in [7, 11) is 0. The van der Waals surface area contributed by atoms with E-state index < -0.39 is 6.04 Å². The first kappa shape index (κ1) is 14.0. The molecule has 0 radical (unpaired) electrons. The molecule has 2 atom stereocenters. The number of nitrogens with zero attached hydrogens (tertiary/aromatic N) is 2. The zero-order valence-corrected chi connectivity index (χ0v) is 11.1. The molecule has 2 rings (SSSR count). The highest BCUT2D eigenvalue weighted by atomic mass is 16.3. The Kier molecular flexibility index (Phi) is 4.31. The zero-order valence-electron chi connectivity index (χ0n) is 11.1. The fourth-order valence-corrected chi connectivity index (χ4v) is 1.79. The molecule has 0 aliphatic heterocycles. The van der Waals surface area contributed by atoms with E-state index in [2.05, 4.69) is 20.5 Å². The molecule has 2 aromatic rings. The normalized spacial score (nSPS) is 13.7. The van der Waals surface area contributed by atoms with E-state index in [0.717, 1.165) is 5.56 Å². The second kappa shape index (κ2) is 6.16. The lowest BCUT2D eigenvalue weighted by molar-refractivity contribution is -0.123. The number of benzene rings is 1. The number of carbonyl (C=O) groups excluding carboxylic acids is 1. The minimum Gasteiger partial charge on any atom is -0.508 e. The molecule has 0 saturated heterocycles. The van der Waals surface area contributed by atoms with Crippen LogP contribution in [0.25, 0.3) is 0 Å². The van der Waals surface area contributed by atoms with Crippen molar-refractivity contribution in [1.29, 1.82) is 0 Å². The van der Waals surface area contributed by atoms with E-state index >= 15 is 0 Å².